The minimum absolute atomic E-state index is 0.00688. The van der Waals surface area contributed by atoms with Crippen LogP contribution in [0.3, 0.4) is 0 Å². The lowest BCUT2D eigenvalue weighted by Crippen LogP contribution is -2.52. The summed E-state index contributed by atoms with van der Waals surface area (Å²) in [5.41, 5.74) is 1.44. The van der Waals surface area contributed by atoms with E-state index in [1.165, 1.54) is 0 Å². The van der Waals surface area contributed by atoms with Crippen molar-refractivity contribution in [2.75, 3.05) is 11.9 Å². The number of carbonyl (C=O) groups excluding carboxylic acids is 3. The predicted octanol–water partition coefficient (Wildman–Crippen LogP) is 3.04. The molecule has 7 heteroatoms. The maximum absolute atomic E-state index is 13.4. The number of benzene rings is 1. The van der Waals surface area contributed by atoms with Gasteiger partial charge in [0.2, 0.25) is 17.7 Å². The number of fused-ring (bicyclic) bond motifs is 2. The van der Waals surface area contributed by atoms with Crippen LogP contribution >= 0.6 is 0 Å². The van der Waals surface area contributed by atoms with E-state index in [4.69, 9.17) is 0 Å². The third-order valence-electron chi connectivity index (χ3n) is 7.33. The Morgan fingerprint density at radius 2 is 2.00 bits per heavy atom. The lowest BCUT2D eigenvalue weighted by Gasteiger charge is -2.32. The van der Waals surface area contributed by atoms with E-state index in [2.05, 4.69) is 30.6 Å². The first-order valence-electron chi connectivity index (χ1n) is 11.3. The second-order valence-corrected chi connectivity index (χ2v) is 11.2. The summed E-state index contributed by atoms with van der Waals surface area (Å²) in [7, 11) is 0. The molecule has 0 aromatic heterocycles. The maximum atomic E-state index is 13.4. The minimum atomic E-state index is -0.815. The molecular formula is C25H32N4O3. The highest BCUT2D eigenvalue weighted by Gasteiger charge is 2.69. The summed E-state index contributed by atoms with van der Waals surface area (Å²) in [5, 5.41) is 15.4. The number of carbonyl (C=O) groups is 3. The van der Waals surface area contributed by atoms with Crippen molar-refractivity contribution in [1.82, 2.24) is 10.2 Å². The first-order valence-corrected chi connectivity index (χ1v) is 11.3. The molecular weight excluding hydrogens is 404 g/mol. The molecule has 2 N–H and O–H groups in total. The molecule has 2 aliphatic heterocycles. The molecule has 0 radical (unpaired) electrons. The normalized spacial score (nSPS) is 28.2. The molecule has 2 heterocycles. The van der Waals surface area contributed by atoms with Crippen LogP contribution < -0.4 is 10.6 Å². The summed E-state index contributed by atoms with van der Waals surface area (Å²) in [6, 6.07) is 8.18. The highest BCUT2D eigenvalue weighted by atomic mass is 16.2. The number of nitrogens with one attached hydrogen (secondary N) is 2. The Balaban J connectivity index is 1.49. The smallest absolute Gasteiger partial charge is 0.244 e. The van der Waals surface area contributed by atoms with E-state index in [0.29, 0.717) is 18.9 Å². The van der Waals surface area contributed by atoms with Crippen molar-refractivity contribution in [3.8, 4) is 6.07 Å². The van der Waals surface area contributed by atoms with Gasteiger partial charge in [-0.25, -0.2) is 0 Å². The summed E-state index contributed by atoms with van der Waals surface area (Å²) in [5.74, 6) is -0.548. The molecule has 1 aromatic carbocycles. The number of amides is 3. The molecule has 1 aromatic rings. The molecule has 4 rings (SSSR count). The van der Waals surface area contributed by atoms with Crippen LogP contribution in [-0.4, -0.2) is 41.2 Å². The van der Waals surface area contributed by atoms with Gasteiger partial charge < -0.3 is 15.5 Å². The second kappa shape index (κ2) is 7.61. The Hall–Kier alpha value is -2.88. The van der Waals surface area contributed by atoms with Gasteiger partial charge in [-0.2, -0.15) is 5.26 Å². The highest BCUT2D eigenvalue weighted by Crippen LogP contribution is 2.65. The molecule has 2 fully saturated rings. The number of piperidine rings is 1. The summed E-state index contributed by atoms with van der Waals surface area (Å²) >= 11 is 0. The Bertz CT molecular complexity index is 1000. The van der Waals surface area contributed by atoms with E-state index in [9.17, 15) is 19.6 Å². The van der Waals surface area contributed by atoms with E-state index >= 15 is 0 Å². The number of rotatable bonds is 5. The monoisotopic (exact) mass is 436 g/mol. The van der Waals surface area contributed by atoms with Crippen molar-refractivity contribution in [1.29, 1.82) is 5.26 Å². The fourth-order valence-corrected chi connectivity index (χ4v) is 5.54. The van der Waals surface area contributed by atoms with Crippen LogP contribution in [0.5, 0.6) is 0 Å². The number of anilines is 1. The van der Waals surface area contributed by atoms with E-state index in [1.807, 2.05) is 45.0 Å². The SMILES string of the molecule is CC(C)(C)CC(=O)N1C[C@H]2[C@@H]([C@H]1C(=O)N[C@H](C#N)C[C@@H]1C(=O)Nc3ccccc31)C2(C)C. The average Bonchev–Trinajstić information content (AvgIpc) is 3.02. The lowest BCUT2D eigenvalue weighted by atomic mass is 9.90. The van der Waals surface area contributed by atoms with Gasteiger partial charge in [-0.05, 0) is 40.7 Å². The van der Waals surface area contributed by atoms with Crippen LogP contribution in [0.25, 0.3) is 0 Å². The second-order valence-electron chi connectivity index (χ2n) is 11.2. The van der Waals surface area contributed by atoms with Crippen molar-refractivity contribution >= 4 is 23.4 Å². The van der Waals surface area contributed by atoms with Gasteiger partial charge in [-0.15, -0.1) is 0 Å². The number of para-hydroxylation sites is 1. The van der Waals surface area contributed by atoms with Crippen molar-refractivity contribution in [3.63, 3.8) is 0 Å². The molecule has 5 atom stereocenters. The van der Waals surface area contributed by atoms with Crippen LogP contribution in [0.2, 0.25) is 0 Å². The van der Waals surface area contributed by atoms with Gasteiger partial charge in [0.05, 0.1) is 12.0 Å². The first kappa shape index (κ1) is 22.3. The largest absolute Gasteiger partial charge is 0.339 e. The lowest BCUT2D eigenvalue weighted by molar-refractivity contribution is -0.141. The van der Waals surface area contributed by atoms with Crippen LogP contribution in [0.15, 0.2) is 24.3 Å². The highest BCUT2D eigenvalue weighted by molar-refractivity contribution is 6.03. The summed E-state index contributed by atoms with van der Waals surface area (Å²) in [6.07, 6.45) is 0.572. The van der Waals surface area contributed by atoms with Crippen molar-refractivity contribution in [2.45, 2.75) is 65.5 Å². The van der Waals surface area contributed by atoms with Gasteiger partial charge in [0, 0.05) is 18.7 Å². The van der Waals surface area contributed by atoms with E-state index < -0.39 is 18.0 Å². The molecule has 1 aliphatic carbocycles. The van der Waals surface area contributed by atoms with Gasteiger partial charge >= 0.3 is 0 Å². The zero-order valence-corrected chi connectivity index (χ0v) is 19.4. The van der Waals surface area contributed by atoms with Gasteiger partial charge in [0.25, 0.3) is 0 Å². The van der Waals surface area contributed by atoms with Gasteiger partial charge in [-0.3, -0.25) is 14.4 Å². The quantitative estimate of drug-likeness (QED) is 0.741. The molecule has 32 heavy (non-hydrogen) atoms. The molecule has 1 saturated heterocycles. The zero-order chi connectivity index (χ0) is 23.4. The number of nitriles is 1. The van der Waals surface area contributed by atoms with Crippen molar-refractivity contribution < 1.29 is 14.4 Å². The summed E-state index contributed by atoms with van der Waals surface area (Å²) in [6.45, 7) is 10.9. The molecule has 0 bridgehead atoms. The summed E-state index contributed by atoms with van der Waals surface area (Å²) < 4.78 is 0. The molecule has 7 nitrogen and oxygen atoms in total. The maximum Gasteiger partial charge on any atom is 0.244 e. The molecule has 170 valence electrons. The zero-order valence-electron chi connectivity index (χ0n) is 19.4. The molecule has 3 amide bonds. The van der Waals surface area contributed by atoms with Crippen molar-refractivity contribution in [2.24, 2.45) is 22.7 Å². The standard InChI is InChI=1S/C25H32N4O3/c1-24(2,3)11-19(30)29-13-17-20(25(17,4)5)21(29)23(32)27-14(12-26)10-16-15-8-6-7-9-18(15)28-22(16)31/h6-9,14,16-17,20-21H,10-11,13H2,1-5H3,(H,27,32)(H,28,31)/t14-,16-,17-,20-,21-/m0/s1. The number of nitrogens with zero attached hydrogens (tertiary/aromatic N) is 2. The average molecular weight is 437 g/mol. The Labute approximate surface area is 189 Å². The van der Waals surface area contributed by atoms with E-state index in [-0.39, 0.29) is 40.9 Å². The number of hydrogen-bond acceptors (Lipinski definition) is 4. The third kappa shape index (κ3) is 3.87. The van der Waals surface area contributed by atoms with E-state index in [1.54, 1.807) is 4.90 Å². The molecule has 1 saturated carbocycles. The van der Waals surface area contributed by atoms with E-state index in [0.717, 1.165) is 11.3 Å². The van der Waals surface area contributed by atoms with Crippen LogP contribution in [0.4, 0.5) is 5.69 Å². The summed E-state index contributed by atoms with van der Waals surface area (Å²) in [4.78, 5) is 40.5. The molecule has 0 unspecified atom stereocenters. The molecule has 0 spiro atoms. The topological polar surface area (TPSA) is 102 Å². The number of hydrogen-bond donors (Lipinski definition) is 2. The van der Waals surface area contributed by atoms with Crippen LogP contribution in [0.1, 0.15) is 58.9 Å². The van der Waals surface area contributed by atoms with Crippen LogP contribution in [-0.2, 0) is 14.4 Å². The fraction of sp³-hybridized carbons (Fsp3) is 0.600. The molecule has 3 aliphatic rings. The van der Waals surface area contributed by atoms with Gasteiger partial charge in [-0.1, -0.05) is 52.8 Å². The fourth-order valence-electron chi connectivity index (χ4n) is 5.54. The first-order chi connectivity index (χ1) is 14.9. The minimum Gasteiger partial charge on any atom is -0.339 e. The number of likely N-dealkylation sites (tertiary alicyclic amines) is 1. The van der Waals surface area contributed by atoms with Gasteiger partial charge in [0.15, 0.2) is 0 Å². The van der Waals surface area contributed by atoms with Crippen molar-refractivity contribution in [3.05, 3.63) is 29.8 Å². The Kier molecular flexibility index (Phi) is 5.31. The predicted molar refractivity (Wildman–Crippen MR) is 120 cm³/mol. The van der Waals surface area contributed by atoms with Crippen LogP contribution in [0, 0.1) is 34.0 Å². The Morgan fingerprint density at radius 1 is 1.31 bits per heavy atom. The third-order valence-corrected chi connectivity index (χ3v) is 7.33. The van der Waals surface area contributed by atoms with Gasteiger partial charge in [0.1, 0.15) is 12.1 Å². The Morgan fingerprint density at radius 3 is 2.66 bits per heavy atom.